The number of amides is 1. The van der Waals surface area contributed by atoms with Gasteiger partial charge in [-0.1, -0.05) is 0 Å². The zero-order valence-corrected chi connectivity index (χ0v) is 11.6. The molecule has 19 heavy (non-hydrogen) atoms. The number of carbonyl (C=O) groups excluding carboxylic acids is 1. The van der Waals surface area contributed by atoms with Crippen molar-refractivity contribution in [3.8, 4) is 0 Å². The van der Waals surface area contributed by atoms with Crippen molar-refractivity contribution < 1.29 is 9.53 Å². The van der Waals surface area contributed by atoms with Crippen LogP contribution in [0.5, 0.6) is 0 Å². The first kappa shape index (κ1) is 12.9. The highest BCUT2D eigenvalue weighted by Crippen LogP contribution is 2.38. The van der Waals surface area contributed by atoms with Crippen molar-refractivity contribution in [3.05, 3.63) is 0 Å². The summed E-state index contributed by atoms with van der Waals surface area (Å²) in [6.45, 7) is 4.14. The van der Waals surface area contributed by atoms with Crippen molar-refractivity contribution in [1.29, 1.82) is 0 Å². The Kier molecular flexibility index (Phi) is 3.22. The molecule has 3 fully saturated rings. The highest BCUT2D eigenvalue weighted by atomic mass is 16.5. The van der Waals surface area contributed by atoms with Crippen LogP contribution in [-0.2, 0) is 9.53 Å². The van der Waals surface area contributed by atoms with Crippen molar-refractivity contribution >= 4 is 11.9 Å². The maximum atomic E-state index is 12.3. The summed E-state index contributed by atoms with van der Waals surface area (Å²) in [5, 5.41) is 6.17. The fourth-order valence-corrected chi connectivity index (χ4v) is 3.17. The number of guanidine groups is 1. The number of carbonyl (C=O) groups is 1. The number of likely N-dealkylation sites (tertiary alicyclic amines) is 1. The first-order valence-electron chi connectivity index (χ1n) is 7.03. The Balaban J connectivity index is 1.68. The van der Waals surface area contributed by atoms with Gasteiger partial charge in [0.15, 0.2) is 5.96 Å². The second-order valence-electron chi connectivity index (χ2n) is 5.84. The van der Waals surface area contributed by atoms with Gasteiger partial charge in [-0.2, -0.15) is 0 Å². The number of methoxy groups -OCH3 is 1. The lowest BCUT2D eigenvalue weighted by Crippen LogP contribution is -2.49. The molecule has 3 aliphatic rings. The topological polar surface area (TPSA) is 66.0 Å². The molecular formula is C13H22N4O2. The highest BCUT2D eigenvalue weighted by Gasteiger charge is 2.54. The first-order chi connectivity index (χ1) is 9.14. The van der Waals surface area contributed by atoms with E-state index in [-0.39, 0.29) is 5.91 Å². The molecule has 2 atom stereocenters. The van der Waals surface area contributed by atoms with Crippen molar-refractivity contribution in [1.82, 2.24) is 15.5 Å². The van der Waals surface area contributed by atoms with E-state index in [1.807, 2.05) is 0 Å². The Morgan fingerprint density at radius 3 is 3.00 bits per heavy atom. The van der Waals surface area contributed by atoms with E-state index in [2.05, 4.69) is 27.4 Å². The summed E-state index contributed by atoms with van der Waals surface area (Å²) < 4.78 is 4.96. The van der Waals surface area contributed by atoms with E-state index in [1.165, 1.54) is 12.8 Å². The molecule has 0 radical (unpaired) electrons. The lowest BCUT2D eigenvalue weighted by atomic mass is 9.97. The van der Waals surface area contributed by atoms with Crippen molar-refractivity contribution in [2.75, 3.05) is 26.8 Å². The van der Waals surface area contributed by atoms with Crippen LogP contribution in [0.15, 0.2) is 4.99 Å². The standard InChI is InChI=1S/C13H22N4O2/c1-9-7-13(8-17(9)10-3-4-10)11(18)15-12(16-13)14-5-6-19-2/h9-10H,3-8H2,1-2H3,(H2,14,15,16,18). The third-order valence-electron chi connectivity index (χ3n) is 4.27. The lowest BCUT2D eigenvalue weighted by Gasteiger charge is -2.22. The van der Waals surface area contributed by atoms with Gasteiger partial charge in [-0.15, -0.1) is 0 Å². The molecule has 1 saturated carbocycles. The van der Waals surface area contributed by atoms with Crippen LogP contribution in [0.25, 0.3) is 0 Å². The molecule has 2 N–H and O–H groups in total. The number of nitrogens with zero attached hydrogens (tertiary/aromatic N) is 2. The van der Waals surface area contributed by atoms with Gasteiger partial charge in [0, 0.05) is 25.7 Å². The summed E-state index contributed by atoms with van der Waals surface area (Å²) in [4.78, 5) is 19.0. The van der Waals surface area contributed by atoms with Gasteiger partial charge in [-0.3, -0.25) is 20.0 Å². The number of nitrogens with one attached hydrogen (secondary N) is 2. The third-order valence-corrected chi connectivity index (χ3v) is 4.27. The fourth-order valence-electron chi connectivity index (χ4n) is 3.17. The van der Waals surface area contributed by atoms with Crippen LogP contribution in [0, 0.1) is 0 Å². The molecule has 1 aliphatic carbocycles. The second kappa shape index (κ2) is 4.76. The first-order valence-corrected chi connectivity index (χ1v) is 7.03. The van der Waals surface area contributed by atoms with Gasteiger partial charge in [0.2, 0.25) is 0 Å². The summed E-state index contributed by atoms with van der Waals surface area (Å²) in [7, 11) is 1.65. The molecular weight excluding hydrogens is 244 g/mol. The average Bonchev–Trinajstić information content (AvgIpc) is 3.09. The van der Waals surface area contributed by atoms with Gasteiger partial charge >= 0.3 is 0 Å². The number of hydrogen-bond acceptors (Lipinski definition) is 4. The average molecular weight is 266 g/mol. The van der Waals surface area contributed by atoms with Gasteiger partial charge < -0.3 is 10.1 Å². The molecule has 1 amide bonds. The zero-order chi connectivity index (χ0) is 13.5. The van der Waals surface area contributed by atoms with Crippen LogP contribution in [0.3, 0.4) is 0 Å². The van der Waals surface area contributed by atoms with Gasteiger partial charge in [0.1, 0.15) is 5.54 Å². The smallest absolute Gasteiger partial charge is 0.253 e. The molecule has 0 aromatic carbocycles. The van der Waals surface area contributed by atoms with E-state index < -0.39 is 5.54 Å². The van der Waals surface area contributed by atoms with Crippen molar-refractivity contribution in [2.45, 2.75) is 43.8 Å². The van der Waals surface area contributed by atoms with Crippen LogP contribution in [0.4, 0.5) is 0 Å². The quantitative estimate of drug-likeness (QED) is 0.686. The summed E-state index contributed by atoms with van der Waals surface area (Å²) >= 11 is 0. The van der Waals surface area contributed by atoms with E-state index in [0.29, 0.717) is 31.2 Å². The lowest BCUT2D eigenvalue weighted by molar-refractivity contribution is -0.123. The van der Waals surface area contributed by atoms with E-state index in [9.17, 15) is 4.79 Å². The van der Waals surface area contributed by atoms with Gasteiger partial charge in [-0.25, -0.2) is 0 Å². The fraction of sp³-hybridized carbons (Fsp3) is 0.846. The molecule has 2 unspecified atom stereocenters. The number of aliphatic imine (C=N–C) groups is 1. The molecule has 0 aromatic rings. The van der Waals surface area contributed by atoms with Crippen LogP contribution >= 0.6 is 0 Å². The molecule has 2 saturated heterocycles. The Morgan fingerprint density at radius 1 is 1.53 bits per heavy atom. The summed E-state index contributed by atoms with van der Waals surface area (Å²) in [5.41, 5.74) is -0.464. The van der Waals surface area contributed by atoms with Crippen LogP contribution in [-0.4, -0.2) is 61.2 Å². The van der Waals surface area contributed by atoms with Crippen LogP contribution < -0.4 is 10.6 Å². The maximum Gasteiger partial charge on any atom is 0.253 e. The maximum absolute atomic E-state index is 12.3. The van der Waals surface area contributed by atoms with Gasteiger partial charge in [0.05, 0.1) is 13.2 Å². The summed E-state index contributed by atoms with van der Waals surface area (Å²) in [6, 6.07) is 1.16. The molecule has 6 nitrogen and oxygen atoms in total. The van der Waals surface area contributed by atoms with Crippen molar-refractivity contribution in [3.63, 3.8) is 0 Å². The number of rotatable bonds is 4. The zero-order valence-electron chi connectivity index (χ0n) is 11.6. The minimum absolute atomic E-state index is 0.0682. The molecule has 0 bridgehead atoms. The van der Waals surface area contributed by atoms with Crippen LogP contribution in [0.1, 0.15) is 26.2 Å². The largest absolute Gasteiger partial charge is 0.383 e. The molecule has 1 spiro atoms. The van der Waals surface area contributed by atoms with E-state index >= 15 is 0 Å². The van der Waals surface area contributed by atoms with Gasteiger partial charge in [0.25, 0.3) is 5.91 Å². The summed E-state index contributed by atoms with van der Waals surface area (Å²) in [5.74, 6) is 0.672. The molecule has 3 rings (SSSR count). The predicted molar refractivity (Wildman–Crippen MR) is 72.0 cm³/mol. The number of hydrogen-bond donors (Lipinski definition) is 2. The van der Waals surface area contributed by atoms with Crippen LogP contribution in [0.2, 0.25) is 0 Å². The molecule has 6 heteroatoms. The van der Waals surface area contributed by atoms with Crippen molar-refractivity contribution in [2.24, 2.45) is 4.99 Å². The Bertz CT molecular complexity index is 407. The number of ether oxygens (including phenoxy) is 1. The third kappa shape index (κ3) is 2.34. The Morgan fingerprint density at radius 2 is 2.32 bits per heavy atom. The Hall–Kier alpha value is -1.14. The monoisotopic (exact) mass is 266 g/mol. The minimum atomic E-state index is -0.464. The molecule has 2 heterocycles. The molecule has 0 aromatic heterocycles. The normalized spacial score (nSPS) is 37.1. The predicted octanol–water partition coefficient (Wildman–Crippen LogP) is -0.296. The van der Waals surface area contributed by atoms with E-state index in [1.54, 1.807) is 7.11 Å². The SMILES string of the molecule is COCCN=C1NC(=O)C2(CC(C)N(C3CC3)C2)N1. The van der Waals surface area contributed by atoms with Gasteiger partial charge in [-0.05, 0) is 26.2 Å². The van der Waals surface area contributed by atoms with E-state index in [0.717, 1.165) is 13.0 Å². The second-order valence-corrected chi connectivity index (χ2v) is 5.84. The highest BCUT2D eigenvalue weighted by molar-refractivity contribution is 6.09. The summed E-state index contributed by atoms with van der Waals surface area (Å²) in [6.07, 6.45) is 3.41. The molecule has 2 aliphatic heterocycles. The van der Waals surface area contributed by atoms with E-state index in [4.69, 9.17) is 4.74 Å². The minimum Gasteiger partial charge on any atom is -0.383 e. The molecule has 106 valence electrons. The Labute approximate surface area is 113 Å².